The third kappa shape index (κ3) is 3.45. The summed E-state index contributed by atoms with van der Waals surface area (Å²) in [6.45, 7) is 1.28. The van der Waals surface area contributed by atoms with E-state index in [1.165, 1.54) is 6.92 Å². The number of halogens is 1. The summed E-state index contributed by atoms with van der Waals surface area (Å²) in [7, 11) is 0. The Kier molecular flexibility index (Phi) is 5.31. The minimum Gasteiger partial charge on any atom is -0.412 e. The van der Waals surface area contributed by atoms with Crippen LogP contribution in [0.5, 0.6) is 0 Å². The second-order valence-corrected chi connectivity index (χ2v) is 9.22. The van der Waals surface area contributed by atoms with Crippen LogP contribution in [-0.4, -0.2) is 11.4 Å². The molecule has 0 aliphatic heterocycles. The van der Waals surface area contributed by atoms with Gasteiger partial charge in [-0.05, 0) is 0 Å². The molecule has 0 spiro atoms. The number of rotatable bonds is 3. The molecule has 0 amide bonds. The van der Waals surface area contributed by atoms with Gasteiger partial charge in [-0.15, -0.1) is 0 Å². The quantitative estimate of drug-likeness (QED) is 0.776. The number of benzene rings is 2. The Morgan fingerprint density at radius 3 is 1.58 bits per heavy atom. The van der Waals surface area contributed by atoms with Gasteiger partial charge >= 0.3 is 110 Å². The van der Waals surface area contributed by atoms with Gasteiger partial charge in [0.1, 0.15) is 0 Å². The SMILES string of the molecule is CC(=O)OI(=O)(c1ccccc1)c1ccccc1.O. The standard InChI is InChI=1S/C14H13IO3.H2O/c1-12(16)18-15(17,13-8-4-2-5-9-13)14-10-6-3-7-11-14;/h2-11H,1H3;1H2. The molecule has 0 atom stereocenters. The summed E-state index contributed by atoms with van der Waals surface area (Å²) in [4.78, 5) is 11.2. The van der Waals surface area contributed by atoms with E-state index in [2.05, 4.69) is 0 Å². The average Bonchev–Trinajstić information content (AvgIpc) is 2.40. The fourth-order valence-electron chi connectivity index (χ4n) is 1.53. The molecule has 0 saturated carbocycles. The Morgan fingerprint density at radius 2 is 1.26 bits per heavy atom. The van der Waals surface area contributed by atoms with Gasteiger partial charge in [0.05, 0.1) is 0 Å². The first-order chi connectivity index (χ1) is 8.63. The van der Waals surface area contributed by atoms with Crippen molar-refractivity contribution in [1.82, 2.24) is 0 Å². The number of hydrogen-bond acceptors (Lipinski definition) is 3. The van der Waals surface area contributed by atoms with Gasteiger partial charge in [-0.2, -0.15) is 0 Å². The molecule has 4 nitrogen and oxygen atoms in total. The van der Waals surface area contributed by atoms with E-state index in [0.717, 1.165) is 0 Å². The molecule has 0 bridgehead atoms. The summed E-state index contributed by atoms with van der Waals surface area (Å²) in [5.41, 5.74) is 0. The zero-order chi connectivity index (χ0) is 13.0. The third-order valence-electron chi connectivity index (χ3n) is 2.26. The van der Waals surface area contributed by atoms with Gasteiger partial charge in [0.25, 0.3) is 0 Å². The molecule has 0 radical (unpaired) electrons. The van der Waals surface area contributed by atoms with E-state index in [9.17, 15) is 7.86 Å². The second kappa shape index (κ2) is 6.53. The second-order valence-electron chi connectivity index (χ2n) is 3.63. The zero-order valence-electron chi connectivity index (χ0n) is 10.4. The van der Waals surface area contributed by atoms with Crippen LogP contribution in [0.15, 0.2) is 60.7 Å². The topological polar surface area (TPSA) is 74.9 Å². The van der Waals surface area contributed by atoms with Crippen LogP contribution in [0.25, 0.3) is 0 Å². The molecule has 0 heterocycles. The number of carbonyl (C=O) groups is 1. The molecule has 2 rings (SSSR count). The molecule has 0 aromatic heterocycles. The Hall–Kier alpha value is -1.60. The summed E-state index contributed by atoms with van der Waals surface area (Å²) in [6, 6.07) is 17.8. The van der Waals surface area contributed by atoms with Gasteiger partial charge in [-0.1, -0.05) is 0 Å². The molecule has 19 heavy (non-hydrogen) atoms. The predicted octanol–water partition coefficient (Wildman–Crippen LogP) is 2.77. The minimum absolute atomic E-state index is 0. The predicted molar refractivity (Wildman–Crippen MR) is 80.4 cm³/mol. The molecule has 0 fully saturated rings. The Balaban J connectivity index is 0.00000180. The summed E-state index contributed by atoms with van der Waals surface area (Å²) in [5.74, 6) is -0.519. The van der Waals surface area contributed by atoms with Crippen LogP contribution in [0.4, 0.5) is 0 Å². The maximum Gasteiger partial charge on any atom is -0.412 e. The molecule has 0 saturated heterocycles. The first-order valence-electron chi connectivity index (χ1n) is 5.42. The summed E-state index contributed by atoms with van der Waals surface area (Å²) < 4.78 is 19.4. The zero-order valence-corrected chi connectivity index (χ0v) is 12.5. The van der Waals surface area contributed by atoms with Crippen molar-refractivity contribution in [3.05, 3.63) is 67.8 Å². The van der Waals surface area contributed by atoms with Crippen LogP contribution in [0.1, 0.15) is 6.92 Å². The molecule has 2 aromatic rings. The monoisotopic (exact) mass is 374 g/mol. The molecule has 5 heteroatoms. The Morgan fingerprint density at radius 1 is 0.895 bits per heavy atom. The van der Waals surface area contributed by atoms with Gasteiger partial charge in [0.2, 0.25) is 0 Å². The van der Waals surface area contributed by atoms with Crippen molar-refractivity contribution in [3.8, 4) is 0 Å². The van der Waals surface area contributed by atoms with Crippen molar-refractivity contribution < 1.29 is 16.4 Å². The van der Waals surface area contributed by atoms with E-state index in [0.29, 0.717) is 7.14 Å². The van der Waals surface area contributed by atoms with E-state index in [-0.39, 0.29) is 5.48 Å². The largest absolute Gasteiger partial charge is 0.412 e. The van der Waals surface area contributed by atoms with Crippen LogP contribution >= 0.6 is 18.8 Å². The van der Waals surface area contributed by atoms with Gasteiger partial charge < -0.3 is 5.48 Å². The van der Waals surface area contributed by atoms with Crippen molar-refractivity contribution in [2.45, 2.75) is 6.92 Å². The van der Waals surface area contributed by atoms with E-state index in [4.69, 9.17) is 3.07 Å². The van der Waals surface area contributed by atoms with Crippen molar-refractivity contribution in [3.63, 3.8) is 0 Å². The first kappa shape index (κ1) is 15.5. The van der Waals surface area contributed by atoms with Crippen molar-refractivity contribution in [2.24, 2.45) is 0 Å². The maximum absolute atomic E-state index is 13.1. The smallest absolute Gasteiger partial charge is 0.412 e. The van der Waals surface area contributed by atoms with Gasteiger partial charge in [0, 0.05) is 0 Å². The normalized spacial score (nSPS) is 11.2. The van der Waals surface area contributed by atoms with Crippen molar-refractivity contribution >= 4 is 24.8 Å². The van der Waals surface area contributed by atoms with Gasteiger partial charge in [0.15, 0.2) is 0 Å². The van der Waals surface area contributed by atoms with Crippen LogP contribution in [0.2, 0.25) is 0 Å². The van der Waals surface area contributed by atoms with E-state index >= 15 is 0 Å². The third-order valence-corrected chi connectivity index (χ3v) is 8.22. The van der Waals surface area contributed by atoms with Crippen molar-refractivity contribution in [2.75, 3.05) is 0 Å². The molecule has 0 unspecified atom stereocenters. The minimum atomic E-state index is -4.16. The molecular weight excluding hydrogens is 359 g/mol. The van der Waals surface area contributed by atoms with Crippen LogP contribution in [-0.2, 0) is 10.9 Å². The van der Waals surface area contributed by atoms with Gasteiger partial charge in [-0.3, -0.25) is 0 Å². The molecule has 102 valence electrons. The van der Waals surface area contributed by atoms with Gasteiger partial charge in [-0.25, -0.2) is 0 Å². The summed E-state index contributed by atoms with van der Waals surface area (Å²) >= 11 is -4.16. The van der Waals surface area contributed by atoms with Crippen LogP contribution in [0, 0.1) is 7.14 Å². The fourth-order valence-corrected chi connectivity index (χ4v) is 6.35. The molecule has 2 N–H and O–H groups in total. The van der Waals surface area contributed by atoms with Crippen LogP contribution < -0.4 is 0 Å². The van der Waals surface area contributed by atoms with E-state index in [1.807, 2.05) is 12.1 Å². The number of carbonyl (C=O) groups excluding carboxylic acids is 1. The fraction of sp³-hybridized carbons (Fsp3) is 0.0714. The average molecular weight is 374 g/mol. The molecule has 0 aliphatic rings. The maximum atomic E-state index is 13.1. The van der Waals surface area contributed by atoms with E-state index < -0.39 is 24.8 Å². The number of hydrogen-bond donors (Lipinski definition) is 0. The Labute approximate surface area is 116 Å². The molecule has 2 aromatic carbocycles. The molecular formula is C14H15IO4. The van der Waals surface area contributed by atoms with Crippen LogP contribution in [0.3, 0.4) is 0 Å². The first-order valence-corrected chi connectivity index (χ1v) is 9.34. The summed E-state index contributed by atoms with van der Waals surface area (Å²) in [6.07, 6.45) is 0. The molecule has 0 aliphatic carbocycles. The van der Waals surface area contributed by atoms with Crippen molar-refractivity contribution in [1.29, 1.82) is 0 Å². The summed E-state index contributed by atoms with van der Waals surface area (Å²) in [5, 5.41) is 0. The Bertz CT molecular complexity index is 537. The van der Waals surface area contributed by atoms with E-state index in [1.54, 1.807) is 48.5 Å².